The molecule has 0 aromatic carbocycles. The molecule has 1 aliphatic rings. The van der Waals surface area contributed by atoms with Crippen LogP contribution in [0.1, 0.15) is 20.3 Å². The minimum atomic E-state index is -0.855. The minimum absolute atomic E-state index is 0.0305. The van der Waals surface area contributed by atoms with Gasteiger partial charge in [0.25, 0.3) is 0 Å². The zero-order valence-corrected chi connectivity index (χ0v) is 8.41. The standard InChI is InChI=1S/C8H10Cl2O2/c1-7(2)4-8(7,6(11)12)3-5(9)10/h3H,4H2,1-2H3,(H,11,12)/t8-/m0/s1. The van der Waals surface area contributed by atoms with Crippen LogP contribution in [0, 0.1) is 10.8 Å². The molecular weight excluding hydrogens is 199 g/mol. The first-order valence-corrected chi connectivity index (χ1v) is 4.35. The van der Waals surface area contributed by atoms with Crippen molar-refractivity contribution in [2.75, 3.05) is 0 Å². The van der Waals surface area contributed by atoms with Crippen LogP contribution in [-0.2, 0) is 4.79 Å². The molecule has 1 rings (SSSR count). The summed E-state index contributed by atoms with van der Waals surface area (Å²) in [6.07, 6.45) is 2.01. The molecule has 1 fully saturated rings. The number of carboxylic acid groups (broad SMARTS) is 1. The average molecular weight is 209 g/mol. The molecule has 4 heteroatoms. The van der Waals surface area contributed by atoms with E-state index in [4.69, 9.17) is 28.3 Å². The third kappa shape index (κ3) is 1.34. The van der Waals surface area contributed by atoms with Gasteiger partial charge in [0, 0.05) is 0 Å². The van der Waals surface area contributed by atoms with Gasteiger partial charge in [-0.05, 0) is 17.9 Å². The zero-order chi connectivity index (χ0) is 9.57. The summed E-state index contributed by atoms with van der Waals surface area (Å²) >= 11 is 10.9. The van der Waals surface area contributed by atoms with Crippen LogP contribution in [0.2, 0.25) is 0 Å². The maximum absolute atomic E-state index is 10.9. The topological polar surface area (TPSA) is 37.3 Å². The van der Waals surface area contributed by atoms with Crippen LogP contribution >= 0.6 is 23.2 Å². The normalized spacial score (nSPS) is 31.0. The van der Waals surface area contributed by atoms with Crippen LogP contribution in [-0.4, -0.2) is 11.1 Å². The van der Waals surface area contributed by atoms with Crippen molar-refractivity contribution in [2.24, 2.45) is 10.8 Å². The Hall–Kier alpha value is -0.210. The predicted octanol–water partition coefficient (Wildman–Crippen LogP) is 2.81. The highest BCUT2D eigenvalue weighted by Crippen LogP contribution is 2.65. The van der Waals surface area contributed by atoms with Crippen molar-refractivity contribution in [1.29, 1.82) is 0 Å². The maximum Gasteiger partial charge on any atom is 0.314 e. The number of hydrogen-bond acceptors (Lipinski definition) is 1. The van der Waals surface area contributed by atoms with Gasteiger partial charge in [-0.1, -0.05) is 37.0 Å². The lowest BCUT2D eigenvalue weighted by molar-refractivity contribution is -0.142. The summed E-state index contributed by atoms with van der Waals surface area (Å²) in [5.41, 5.74) is -1.07. The van der Waals surface area contributed by atoms with Crippen molar-refractivity contribution >= 4 is 29.2 Å². The third-order valence-electron chi connectivity index (χ3n) is 2.54. The molecule has 2 nitrogen and oxygen atoms in total. The van der Waals surface area contributed by atoms with Gasteiger partial charge in [-0.25, -0.2) is 0 Å². The number of aliphatic carboxylic acids is 1. The van der Waals surface area contributed by atoms with Gasteiger partial charge >= 0.3 is 5.97 Å². The van der Waals surface area contributed by atoms with Crippen molar-refractivity contribution in [3.63, 3.8) is 0 Å². The van der Waals surface area contributed by atoms with E-state index in [1.165, 1.54) is 6.08 Å². The largest absolute Gasteiger partial charge is 0.481 e. The molecule has 0 spiro atoms. The fourth-order valence-electron chi connectivity index (χ4n) is 1.51. The number of rotatable bonds is 2. The van der Waals surface area contributed by atoms with Crippen LogP contribution in [0.25, 0.3) is 0 Å². The molecule has 12 heavy (non-hydrogen) atoms. The highest BCUT2D eigenvalue weighted by Gasteiger charge is 2.65. The Kier molecular flexibility index (Phi) is 2.17. The average Bonchev–Trinajstić information content (AvgIpc) is 2.33. The van der Waals surface area contributed by atoms with E-state index in [0.29, 0.717) is 6.42 Å². The second-order valence-electron chi connectivity index (χ2n) is 3.77. The van der Waals surface area contributed by atoms with Gasteiger partial charge in [0.1, 0.15) is 4.49 Å². The van der Waals surface area contributed by atoms with Crippen molar-refractivity contribution in [1.82, 2.24) is 0 Å². The van der Waals surface area contributed by atoms with E-state index >= 15 is 0 Å². The second-order valence-corrected chi connectivity index (χ2v) is 4.78. The Morgan fingerprint density at radius 2 is 1.92 bits per heavy atom. The molecule has 0 unspecified atom stereocenters. The van der Waals surface area contributed by atoms with Crippen LogP contribution in [0.4, 0.5) is 0 Å². The first-order valence-electron chi connectivity index (χ1n) is 3.59. The van der Waals surface area contributed by atoms with Crippen LogP contribution in [0.3, 0.4) is 0 Å². The lowest BCUT2D eigenvalue weighted by Crippen LogP contribution is -2.18. The Morgan fingerprint density at radius 3 is 2.00 bits per heavy atom. The summed E-state index contributed by atoms with van der Waals surface area (Å²) in [5, 5.41) is 8.93. The van der Waals surface area contributed by atoms with E-state index in [2.05, 4.69) is 0 Å². The van der Waals surface area contributed by atoms with E-state index in [9.17, 15) is 4.79 Å². The quantitative estimate of drug-likeness (QED) is 0.759. The van der Waals surface area contributed by atoms with E-state index in [-0.39, 0.29) is 9.91 Å². The van der Waals surface area contributed by atoms with E-state index in [1.807, 2.05) is 13.8 Å². The van der Waals surface area contributed by atoms with Crippen LogP contribution in [0.5, 0.6) is 0 Å². The molecule has 0 aromatic heterocycles. The van der Waals surface area contributed by atoms with Gasteiger partial charge in [0.05, 0.1) is 5.41 Å². The van der Waals surface area contributed by atoms with Crippen LogP contribution < -0.4 is 0 Å². The molecule has 0 aliphatic heterocycles. The van der Waals surface area contributed by atoms with E-state index < -0.39 is 11.4 Å². The summed E-state index contributed by atoms with van der Waals surface area (Å²) < 4.78 is 0.0305. The first kappa shape index (κ1) is 9.87. The number of hydrogen-bond donors (Lipinski definition) is 1. The molecule has 0 heterocycles. The van der Waals surface area contributed by atoms with Crippen molar-refractivity contribution in [3.05, 3.63) is 10.6 Å². The molecule has 1 aliphatic carbocycles. The monoisotopic (exact) mass is 208 g/mol. The highest BCUT2D eigenvalue weighted by molar-refractivity contribution is 6.56. The molecule has 1 atom stereocenters. The zero-order valence-electron chi connectivity index (χ0n) is 6.90. The summed E-state index contributed by atoms with van der Waals surface area (Å²) in [6, 6.07) is 0. The maximum atomic E-state index is 10.9. The molecular formula is C8H10Cl2O2. The lowest BCUT2D eigenvalue weighted by Gasteiger charge is -2.09. The van der Waals surface area contributed by atoms with Crippen molar-refractivity contribution in [2.45, 2.75) is 20.3 Å². The highest BCUT2D eigenvalue weighted by atomic mass is 35.5. The smallest absolute Gasteiger partial charge is 0.314 e. The Balaban J connectivity index is 2.95. The Bertz CT molecular complexity index is 254. The van der Waals surface area contributed by atoms with Crippen LogP contribution in [0.15, 0.2) is 10.6 Å². The molecule has 0 saturated heterocycles. The van der Waals surface area contributed by atoms with E-state index in [1.54, 1.807) is 0 Å². The summed E-state index contributed by atoms with van der Waals surface area (Å²) in [7, 11) is 0. The Morgan fingerprint density at radius 1 is 1.50 bits per heavy atom. The molecule has 1 N–H and O–H groups in total. The fourth-order valence-corrected chi connectivity index (χ4v) is 1.88. The van der Waals surface area contributed by atoms with Gasteiger partial charge in [-0.3, -0.25) is 4.79 Å². The van der Waals surface area contributed by atoms with Gasteiger partial charge in [-0.2, -0.15) is 0 Å². The van der Waals surface area contributed by atoms with Gasteiger partial charge in [-0.15, -0.1) is 0 Å². The first-order chi connectivity index (χ1) is 5.32. The van der Waals surface area contributed by atoms with Crippen molar-refractivity contribution in [3.8, 4) is 0 Å². The van der Waals surface area contributed by atoms with Gasteiger partial charge < -0.3 is 5.11 Å². The molecule has 0 aromatic rings. The van der Waals surface area contributed by atoms with Gasteiger partial charge in [0.2, 0.25) is 0 Å². The molecule has 1 saturated carbocycles. The predicted molar refractivity (Wildman–Crippen MR) is 48.3 cm³/mol. The lowest BCUT2D eigenvalue weighted by atomic mass is 9.96. The van der Waals surface area contributed by atoms with Crippen molar-refractivity contribution < 1.29 is 9.90 Å². The molecule has 0 bridgehead atoms. The molecule has 0 amide bonds. The fraction of sp³-hybridized carbons (Fsp3) is 0.625. The SMILES string of the molecule is CC1(C)C[C@@]1(C=C(Cl)Cl)C(=O)O. The molecule has 68 valence electrons. The second kappa shape index (κ2) is 2.64. The minimum Gasteiger partial charge on any atom is -0.481 e. The number of halogens is 2. The van der Waals surface area contributed by atoms with E-state index in [0.717, 1.165) is 0 Å². The molecule has 0 radical (unpaired) electrons. The third-order valence-corrected chi connectivity index (χ3v) is 2.76. The summed E-state index contributed by atoms with van der Waals surface area (Å²) in [5.74, 6) is -0.855. The Labute approximate surface area is 81.2 Å². The van der Waals surface area contributed by atoms with Gasteiger partial charge in [0.15, 0.2) is 0 Å². The summed E-state index contributed by atoms with van der Waals surface area (Å²) in [6.45, 7) is 3.77. The number of carboxylic acids is 1. The summed E-state index contributed by atoms with van der Waals surface area (Å²) in [4.78, 5) is 10.9. The number of carbonyl (C=O) groups is 1.